The number of hydrogen-bond acceptors (Lipinski definition) is 11. The van der Waals surface area contributed by atoms with Crippen LogP contribution >= 0.6 is 0 Å². The third-order valence-electron chi connectivity index (χ3n) is 14.1. The van der Waals surface area contributed by atoms with Crippen LogP contribution < -0.4 is 47.7 Å². The molecular formula is C32H57FeN9O3S. The van der Waals surface area contributed by atoms with Gasteiger partial charge < -0.3 is 0 Å². The van der Waals surface area contributed by atoms with Crippen LogP contribution in [0.1, 0.15) is 96.3 Å². The molecule has 8 bridgehead atoms. The predicted molar refractivity (Wildman–Crippen MR) is 171 cm³/mol. The van der Waals surface area contributed by atoms with Crippen LogP contribution in [0.4, 0.5) is 0 Å². The van der Waals surface area contributed by atoms with Gasteiger partial charge in [0.15, 0.2) is 0 Å². The van der Waals surface area contributed by atoms with Crippen LogP contribution in [0.15, 0.2) is 0 Å². The summed E-state index contributed by atoms with van der Waals surface area (Å²) in [5.41, 5.74) is 0. The van der Waals surface area contributed by atoms with Crippen molar-refractivity contribution in [1.82, 2.24) is 42.5 Å². The number of hydrogen-bond donors (Lipinski definition) is 9. The fourth-order valence-electron chi connectivity index (χ4n) is 12.3. The fraction of sp³-hybridized carbons (Fsp3) is 1.00. The molecule has 0 aromatic carbocycles. The van der Waals surface area contributed by atoms with Gasteiger partial charge in [-0.1, -0.05) is 44.9 Å². The van der Waals surface area contributed by atoms with E-state index in [9.17, 15) is 8.42 Å². The van der Waals surface area contributed by atoms with Gasteiger partial charge in [-0.25, -0.2) is 5.14 Å². The topological polar surface area (TPSA) is 166 Å². The standard InChI is InChI=1S/C32H57N9O3S.Fe/c33-45(42,43)44-23-15-7-14-22-24(23)32-40-30-21-13-6-5-12-20(21)28(38-30)36-26-17-9-2-1-8-16(17)25(34-26)35-27-18-10-3-4-11-19(18)29(37-27)39-31(22)41-32;/h16-32,34-41H,1-15H2,(H2,33,42,43);. The Balaban J connectivity index is 0.00000312. The third kappa shape index (κ3) is 6.07. The molecule has 0 aromatic rings. The van der Waals surface area contributed by atoms with Crippen molar-refractivity contribution >= 4 is 10.3 Å². The molecule has 0 radical (unpaired) electrons. The second-order valence-electron chi connectivity index (χ2n) is 16.3. The quantitative estimate of drug-likeness (QED) is 0.187. The monoisotopic (exact) mass is 703 g/mol. The molecule has 46 heavy (non-hydrogen) atoms. The van der Waals surface area contributed by atoms with Gasteiger partial charge in [-0.15, -0.1) is 0 Å². The molecule has 0 amide bonds. The fourth-order valence-corrected chi connectivity index (χ4v) is 12.9. The van der Waals surface area contributed by atoms with Gasteiger partial charge in [0.2, 0.25) is 0 Å². The summed E-state index contributed by atoms with van der Waals surface area (Å²) in [6, 6.07) is 0. The second kappa shape index (κ2) is 13.3. The average Bonchev–Trinajstić information content (AvgIpc) is 3.76. The molecule has 10 N–H and O–H groups in total. The van der Waals surface area contributed by atoms with Gasteiger partial charge in [-0.05, 0) is 92.8 Å². The van der Waals surface area contributed by atoms with Gasteiger partial charge in [0.1, 0.15) is 0 Å². The molecule has 5 saturated heterocycles. The van der Waals surface area contributed by atoms with Crippen molar-refractivity contribution in [2.24, 2.45) is 52.5 Å². The van der Waals surface area contributed by atoms with Crippen LogP contribution in [0.2, 0.25) is 0 Å². The Hall–Kier alpha value is 0.0695. The number of fused-ring (bicyclic) bond motifs is 20. The largest absolute Gasteiger partial charge is 0.333 e. The molecule has 5 heterocycles. The van der Waals surface area contributed by atoms with Crippen LogP contribution in [0.25, 0.3) is 0 Å². The zero-order chi connectivity index (χ0) is 30.3. The summed E-state index contributed by atoms with van der Waals surface area (Å²) in [4.78, 5) is 0. The Morgan fingerprint density at radius 2 is 0.696 bits per heavy atom. The minimum absolute atomic E-state index is 0. The maximum absolute atomic E-state index is 12.3. The maximum Gasteiger partial charge on any atom is 0.333 e. The van der Waals surface area contributed by atoms with Crippen LogP contribution in [0.3, 0.4) is 0 Å². The molecular weight excluding hydrogens is 646 g/mol. The van der Waals surface area contributed by atoms with E-state index in [-0.39, 0.29) is 65.9 Å². The van der Waals surface area contributed by atoms with Crippen molar-refractivity contribution in [2.75, 3.05) is 0 Å². The van der Waals surface area contributed by atoms with Crippen molar-refractivity contribution in [2.45, 2.75) is 152 Å². The summed E-state index contributed by atoms with van der Waals surface area (Å²) in [5, 5.41) is 38.3. The molecule has 5 aliphatic heterocycles. The molecule has 9 rings (SSSR count). The smallest absolute Gasteiger partial charge is 0.286 e. The van der Waals surface area contributed by atoms with Gasteiger partial charge in [0, 0.05) is 23.0 Å². The Morgan fingerprint density at radius 3 is 1.02 bits per heavy atom. The Morgan fingerprint density at radius 1 is 0.413 bits per heavy atom. The van der Waals surface area contributed by atoms with Crippen molar-refractivity contribution in [3.63, 3.8) is 0 Å². The SMILES string of the molecule is NS(=O)(=O)OC1CCCC2C3NC4NC(NC5NC(NC6NC(NC(N3)C12)C1CCCCC61)C1CCCCC51)C1CCCCC41.[Fe]. The van der Waals surface area contributed by atoms with E-state index in [2.05, 4.69) is 42.5 Å². The Bertz CT molecular complexity index is 1200. The molecule has 14 heteroatoms. The number of nitrogens with one attached hydrogen (secondary N) is 8. The first kappa shape index (κ1) is 33.2. The normalized spacial score (nSPS) is 53.4. The van der Waals surface area contributed by atoms with Gasteiger partial charge in [-0.2, -0.15) is 8.42 Å². The van der Waals surface area contributed by atoms with E-state index in [4.69, 9.17) is 9.32 Å². The first-order chi connectivity index (χ1) is 21.9. The predicted octanol–water partition coefficient (Wildman–Crippen LogP) is 0.802. The summed E-state index contributed by atoms with van der Waals surface area (Å²) in [6.07, 6.45) is 19.3. The third-order valence-corrected chi connectivity index (χ3v) is 14.6. The first-order valence-electron chi connectivity index (χ1n) is 18.7. The summed E-state index contributed by atoms with van der Waals surface area (Å²) in [6.45, 7) is 0. The van der Waals surface area contributed by atoms with Gasteiger partial charge in [0.25, 0.3) is 0 Å². The molecule has 9 fully saturated rings. The van der Waals surface area contributed by atoms with E-state index < -0.39 is 16.4 Å². The second-order valence-corrected chi connectivity index (χ2v) is 17.5. The zero-order valence-electron chi connectivity index (χ0n) is 27.0. The van der Waals surface area contributed by atoms with E-state index in [1.807, 2.05) is 0 Å². The zero-order valence-corrected chi connectivity index (χ0v) is 28.9. The number of nitrogens with two attached hydrogens (primary N) is 1. The Labute approximate surface area is 285 Å². The van der Waals surface area contributed by atoms with Crippen molar-refractivity contribution < 1.29 is 29.7 Å². The van der Waals surface area contributed by atoms with Gasteiger partial charge in [0.05, 0.1) is 55.4 Å². The van der Waals surface area contributed by atoms with Crippen molar-refractivity contribution in [1.29, 1.82) is 0 Å². The van der Waals surface area contributed by atoms with Crippen LogP contribution in [0, 0.1) is 47.3 Å². The van der Waals surface area contributed by atoms with Gasteiger partial charge >= 0.3 is 10.3 Å². The molecule has 262 valence electrons. The summed E-state index contributed by atoms with van der Waals surface area (Å²) in [5.74, 6) is 3.90. The van der Waals surface area contributed by atoms with Crippen molar-refractivity contribution in [3.05, 3.63) is 0 Å². The molecule has 4 aliphatic carbocycles. The van der Waals surface area contributed by atoms with E-state index in [0.717, 1.165) is 12.8 Å². The molecule has 12 nitrogen and oxygen atoms in total. The molecule has 0 spiro atoms. The van der Waals surface area contributed by atoms with E-state index >= 15 is 0 Å². The maximum atomic E-state index is 12.3. The molecule has 9 aliphatic rings. The summed E-state index contributed by atoms with van der Waals surface area (Å²) < 4.78 is 30.2. The van der Waals surface area contributed by atoms with Crippen LogP contribution in [-0.2, 0) is 31.6 Å². The minimum Gasteiger partial charge on any atom is -0.286 e. The van der Waals surface area contributed by atoms with Crippen molar-refractivity contribution in [3.8, 4) is 0 Å². The summed E-state index contributed by atoms with van der Waals surface area (Å²) in [7, 11) is -4.05. The molecule has 17 unspecified atom stereocenters. The molecule has 17 atom stereocenters. The molecule has 0 aromatic heterocycles. The molecule has 4 saturated carbocycles. The van der Waals surface area contributed by atoms with E-state index in [1.165, 1.54) is 77.0 Å². The summed E-state index contributed by atoms with van der Waals surface area (Å²) >= 11 is 0. The van der Waals surface area contributed by atoms with Crippen LogP contribution in [-0.4, -0.2) is 63.8 Å². The van der Waals surface area contributed by atoms with E-state index in [0.29, 0.717) is 54.3 Å². The van der Waals surface area contributed by atoms with Gasteiger partial charge in [-0.3, -0.25) is 46.7 Å². The van der Waals surface area contributed by atoms with Crippen LogP contribution in [0.5, 0.6) is 0 Å². The first-order valence-corrected chi connectivity index (χ1v) is 20.2. The average molecular weight is 704 g/mol. The number of rotatable bonds is 2. The minimum atomic E-state index is -4.05. The van der Waals surface area contributed by atoms with E-state index in [1.54, 1.807) is 0 Å². The Kier molecular flexibility index (Phi) is 9.62.